The summed E-state index contributed by atoms with van der Waals surface area (Å²) in [5, 5.41) is 24.1. The van der Waals surface area contributed by atoms with Gasteiger partial charge in [-0.25, -0.2) is 12.7 Å². The number of aliphatic carboxylic acids is 2. The van der Waals surface area contributed by atoms with Crippen molar-refractivity contribution in [2.24, 2.45) is 0 Å². The number of likely N-dealkylation sites (tertiary alicyclic amines) is 1. The van der Waals surface area contributed by atoms with Crippen LogP contribution in [0.3, 0.4) is 0 Å². The van der Waals surface area contributed by atoms with Crippen LogP contribution in [-0.2, 0) is 40.1 Å². The second-order valence-electron chi connectivity index (χ2n) is 11.9. The maximum atomic E-state index is 15.5. The summed E-state index contributed by atoms with van der Waals surface area (Å²) in [6, 6.07) is 17.7. The average Bonchev–Trinajstić information content (AvgIpc) is 3.53. The number of benzene rings is 3. The van der Waals surface area contributed by atoms with Gasteiger partial charge in [0.1, 0.15) is 0 Å². The predicted octanol–water partition coefficient (Wildman–Crippen LogP) is 0.930. The molecule has 256 valence electrons. The second kappa shape index (κ2) is 13.7. The smallest absolute Gasteiger partial charge is 0.266 e. The van der Waals surface area contributed by atoms with Crippen LogP contribution in [-0.4, -0.2) is 79.9 Å². The molecule has 1 saturated heterocycles. The Morgan fingerprint density at radius 2 is 1.48 bits per heavy atom. The van der Waals surface area contributed by atoms with Gasteiger partial charge in [0.25, 0.3) is 26.0 Å². The number of carboxylic acid groups (broad SMARTS) is 2. The van der Waals surface area contributed by atoms with E-state index in [-0.39, 0.29) is 48.4 Å². The minimum absolute atomic E-state index is 0.00894. The molecule has 2 heterocycles. The highest BCUT2D eigenvalue weighted by Crippen LogP contribution is 2.54. The summed E-state index contributed by atoms with van der Waals surface area (Å²) < 4.78 is 62.0. The van der Waals surface area contributed by atoms with Crippen molar-refractivity contribution in [2.45, 2.75) is 55.5 Å². The molecule has 2 aliphatic rings. The van der Waals surface area contributed by atoms with Gasteiger partial charge in [0.05, 0.1) is 22.7 Å². The summed E-state index contributed by atoms with van der Waals surface area (Å²) in [5.41, 5.74) is -0.0147. The summed E-state index contributed by atoms with van der Waals surface area (Å²) in [7, 11) is -8.94. The summed E-state index contributed by atoms with van der Waals surface area (Å²) >= 11 is 0. The van der Waals surface area contributed by atoms with Gasteiger partial charge in [-0.3, -0.25) is 14.2 Å². The van der Waals surface area contributed by atoms with Gasteiger partial charge in [-0.2, -0.15) is 8.42 Å². The second-order valence-corrected chi connectivity index (χ2v) is 15.3. The van der Waals surface area contributed by atoms with Crippen LogP contribution in [0.25, 0.3) is 0 Å². The lowest BCUT2D eigenvalue weighted by Crippen LogP contribution is -2.64. The van der Waals surface area contributed by atoms with Crippen LogP contribution < -0.4 is 15.1 Å². The summed E-state index contributed by atoms with van der Waals surface area (Å²) in [4.78, 5) is 42.6. The van der Waals surface area contributed by atoms with Crippen molar-refractivity contribution in [2.75, 3.05) is 30.3 Å². The highest BCUT2D eigenvalue weighted by Gasteiger charge is 2.58. The van der Waals surface area contributed by atoms with Gasteiger partial charge in [-0.1, -0.05) is 54.1 Å². The number of hydrogen-bond acceptors (Lipinski definition) is 11. The van der Waals surface area contributed by atoms with Crippen molar-refractivity contribution in [1.29, 1.82) is 0 Å². The number of carbonyl (C=O) groups excluding carboxylic acids is 3. The zero-order valence-electron chi connectivity index (χ0n) is 26.1. The Bertz CT molecular complexity index is 1880. The van der Waals surface area contributed by atoms with E-state index in [1.165, 1.54) is 17.0 Å². The number of carbonyl (C=O) groups is 3. The molecule has 1 atom stereocenters. The molecule has 1 amide bonds. The normalized spacial score (nSPS) is 17.4. The largest absolute Gasteiger partial charge is 0.550 e. The number of sulfonamides is 1. The minimum atomic E-state index is -4.65. The van der Waals surface area contributed by atoms with E-state index >= 15 is 4.79 Å². The number of amides is 1. The van der Waals surface area contributed by atoms with Gasteiger partial charge in [0.15, 0.2) is 5.54 Å². The first-order valence-electron chi connectivity index (χ1n) is 15.4. The van der Waals surface area contributed by atoms with Gasteiger partial charge < -0.3 is 24.7 Å². The van der Waals surface area contributed by atoms with E-state index in [1.54, 1.807) is 72.5 Å². The predicted molar refractivity (Wildman–Crippen MR) is 171 cm³/mol. The molecule has 0 radical (unpaired) electrons. The molecular formula is C33H35N3O10S2-2. The number of carboxylic acids is 2. The molecule has 5 rings (SSSR count). The van der Waals surface area contributed by atoms with Crippen molar-refractivity contribution in [3.05, 3.63) is 89.5 Å². The number of para-hydroxylation sites is 2. The lowest BCUT2D eigenvalue weighted by atomic mass is 9.74. The van der Waals surface area contributed by atoms with Gasteiger partial charge in [0.2, 0.25) is 0 Å². The van der Waals surface area contributed by atoms with Crippen molar-refractivity contribution in [3.63, 3.8) is 0 Å². The Hall–Kier alpha value is -4.31. The van der Waals surface area contributed by atoms with E-state index in [2.05, 4.69) is 0 Å². The zero-order chi connectivity index (χ0) is 34.9. The number of hydrogen-bond donors (Lipinski definition) is 1. The fraction of sp³-hybridized carbons (Fsp3) is 0.364. The fourth-order valence-electron chi connectivity index (χ4n) is 6.74. The van der Waals surface area contributed by atoms with E-state index in [9.17, 15) is 41.2 Å². The summed E-state index contributed by atoms with van der Waals surface area (Å²) in [6.45, 7) is 1.36. The molecule has 2 aliphatic heterocycles. The van der Waals surface area contributed by atoms with E-state index in [4.69, 9.17) is 0 Å². The van der Waals surface area contributed by atoms with Crippen LogP contribution in [0.1, 0.15) is 48.8 Å². The molecule has 1 fully saturated rings. The van der Waals surface area contributed by atoms with E-state index in [0.717, 1.165) is 5.56 Å². The third kappa shape index (κ3) is 6.55. The molecule has 1 N–H and O–H groups in total. The monoisotopic (exact) mass is 697 g/mol. The van der Waals surface area contributed by atoms with Crippen LogP contribution in [0.2, 0.25) is 0 Å². The van der Waals surface area contributed by atoms with Crippen molar-refractivity contribution in [1.82, 2.24) is 9.21 Å². The van der Waals surface area contributed by atoms with Gasteiger partial charge in [0, 0.05) is 48.1 Å². The third-order valence-electron chi connectivity index (χ3n) is 8.80. The van der Waals surface area contributed by atoms with Crippen molar-refractivity contribution < 1.29 is 46.0 Å². The third-order valence-corrected chi connectivity index (χ3v) is 11.4. The lowest BCUT2D eigenvalue weighted by molar-refractivity contribution is -0.312. The van der Waals surface area contributed by atoms with Crippen LogP contribution in [0.4, 0.5) is 11.4 Å². The number of fused-ring (bicyclic) bond motifs is 2. The lowest BCUT2D eigenvalue weighted by Gasteiger charge is -2.51. The Morgan fingerprint density at radius 1 is 0.896 bits per heavy atom. The van der Waals surface area contributed by atoms with Crippen LogP contribution in [0.5, 0.6) is 0 Å². The molecule has 3 aromatic carbocycles. The molecule has 0 aliphatic carbocycles. The number of aryl methyl sites for hydroxylation is 1. The molecule has 0 aromatic heterocycles. The van der Waals surface area contributed by atoms with Gasteiger partial charge >= 0.3 is 0 Å². The van der Waals surface area contributed by atoms with Crippen LogP contribution in [0.15, 0.2) is 77.7 Å². The fourth-order valence-corrected chi connectivity index (χ4v) is 8.69. The molecule has 48 heavy (non-hydrogen) atoms. The van der Waals surface area contributed by atoms with Crippen molar-refractivity contribution in [3.8, 4) is 0 Å². The Balaban J connectivity index is 1.79. The summed E-state index contributed by atoms with van der Waals surface area (Å²) in [6.07, 6.45) is -0.351. The summed E-state index contributed by atoms with van der Waals surface area (Å²) in [5.74, 6) is -4.44. The average molecular weight is 698 g/mol. The molecule has 0 spiro atoms. The van der Waals surface area contributed by atoms with E-state index in [0.29, 0.717) is 22.1 Å². The molecule has 15 heteroatoms. The van der Waals surface area contributed by atoms with E-state index < -0.39 is 68.3 Å². The molecule has 0 bridgehead atoms. The maximum Gasteiger partial charge on any atom is 0.266 e. The highest BCUT2D eigenvalue weighted by molar-refractivity contribution is 7.89. The van der Waals surface area contributed by atoms with Gasteiger partial charge in [-0.05, 0) is 63.3 Å². The molecule has 13 nitrogen and oxygen atoms in total. The first-order valence-corrected chi connectivity index (χ1v) is 18.5. The molecule has 3 aromatic rings. The number of rotatable bonds is 13. The topological polar surface area (TPSA) is 196 Å². The molecule has 0 unspecified atom stereocenters. The number of anilines is 2. The first-order chi connectivity index (χ1) is 22.7. The Morgan fingerprint density at radius 3 is 2.02 bits per heavy atom. The van der Waals surface area contributed by atoms with Crippen LogP contribution >= 0.6 is 0 Å². The molecule has 0 saturated carbocycles. The Kier molecular flexibility index (Phi) is 9.97. The molecular weight excluding hydrogens is 663 g/mol. The standard InChI is InChI=1S/C33H37N3O10S2/c1-23-15-17-24(18-16-23)48(45,46)36(21-7-14-30(37)38)32(41)33(35-20-6-13-29(35)31(39)40)25-9-2-4-11-27(25)34(19-8-22-47(42,43)44)28-12-5-3-10-26(28)33/h2-5,9-12,15-18,29H,6-8,13-14,19-22H2,1H3,(H,37,38)(H,39,40)(H,42,43,44)/p-2/t29-/m0/s1. The maximum absolute atomic E-state index is 15.5. The van der Waals surface area contributed by atoms with Crippen LogP contribution in [0, 0.1) is 6.92 Å². The number of nitrogens with zero attached hydrogens (tertiary/aromatic N) is 3. The Labute approximate surface area is 279 Å². The highest BCUT2D eigenvalue weighted by atomic mass is 32.2. The van der Waals surface area contributed by atoms with Gasteiger partial charge in [-0.15, -0.1) is 0 Å². The van der Waals surface area contributed by atoms with Crippen molar-refractivity contribution >= 4 is 49.4 Å². The van der Waals surface area contributed by atoms with E-state index in [1.807, 2.05) is 0 Å². The first kappa shape index (κ1) is 35.0. The minimum Gasteiger partial charge on any atom is -0.550 e. The SMILES string of the molecule is Cc1ccc(S(=O)(=O)N(CCCC(=O)[O-])C(=O)C2(N3CCC[C@H]3C(=O)[O-])c3ccccc3N(CCCS(=O)(=O)O)c3ccccc32)cc1. The quantitative estimate of drug-likeness (QED) is 0.249. The zero-order valence-corrected chi connectivity index (χ0v) is 27.8.